The van der Waals surface area contributed by atoms with Crippen LogP contribution in [0.2, 0.25) is 0 Å². The summed E-state index contributed by atoms with van der Waals surface area (Å²) in [5.74, 6) is -0.428. The fraction of sp³-hybridized carbons (Fsp3) is 0. The Bertz CT molecular complexity index is 612. The number of aliphatic imine (C=N–C) groups is 1. The van der Waals surface area contributed by atoms with Crippen molar-refractivity contribution in [3.8, 4) is 0 Å². The maximum absolute atomic E-state index is 11.4. The molecule has 18 heavy (non-hydrogen) atoms. The molecule has 0 bridgehead atoms. The molecule has 0 saturated carbocycles. The largest absolute Gasteiger partial charge is 0.378 e. The molecular weight excluding hydrogens is 322 g/mol. The van der Waals surface area contributed by atoms with Gasteiger partial charge in [0.05, 0.1) is 14.3 Å². The van der Waals surface area contributed by atoms with Crippen LogP contribution in [0.4, 0.5) is 5.69 Å². The van der Waals surface area contributed by atoms with Gasteiger partial charge in [0, 0.05) is 6.07 Å². The monoisotopic (exact) mass is 327 g/mol. The van der Waals surface area contributed by atoms with Gasteiger partial charge in [-0.2, -0.15) is 4.99 Å². The number of nitrogens with zero attached hydrogens (tertiary/aromatic N) is 2. The first-order valence-corrected chi connectivity index (χ1v) is 6.30. The van der Waals surface area contributed by atoms with Crippen LogP contribution in [0.15, 0.2) is 32.6 Å². The van der Waals surface area contributed by atoms with Crippen LogP contribution in [0.5, 0.6) is 0 Å². The number of carbonyl (C=O) groups excluding carboxylic acids is 1. The molecule has 1 aliphatic rings. The van der Waals surface area contributed by atoms with E-state index in [0.717, 1.165) is 11.8 Å². The fourth-order valence-corrected chi connectivity index (χ4v) is 2.41. The third-order valence-corrected chi connectivity index (χ3v) is 3.59. The van der Waals surface area contributed by atoms with E-state index in [1.54, 1.807) is 12.1 Å². The molecule has 92 valence electrons. The fourth-order valence-electron chi connectivity index (χ4n) is 1.34. The van der Waals surface area contributed by atoms with Gasteiger partial charge in [0.15, 0.2) is 5.17 Å². The number of rotatable bonds is 2. The first-order chi connectivity index (χ1) is 8.47. The minimum Gasteiger partial charge on any atom is -0.378 e. The molecule has 0 aromatic heterocycles. The van der Waals surface area contributed by atoms with Gasteiger partial charge in [0.2, 0.25) is 0 Å². The standard InChI is InChI=1S/C10H6BrN3O3S/c11-6-2-1-5(3-7(6)14(16)17)4-8-9(15)13-10(12)18-8/h1-4H,(H2,12,13,15)/b8-4+. The van der Waals surface area contributed by atoms with Gasteiger partial charge in [0.25, 0.3) is 11.6 Å². The van der Waals surface area contributed by atoms with Gasteiger partial charge in [-0.05, 0) is 45.4 Å². The average molecular weight is 328 g/mol. The molecule has 0 saturated heterocycles. The van der Waals surface area contributed by atoms with E-state index in [9.17, 15) is 14.9 Å². The molecule has 0 aliphatic carbocycles. The van der Waals surface area contributed by atoms with Gasteiger partial charge in [-0.25, -0.2) is 0 Å². The quantitative estimate of drug-likeness (QED) is 0.510. The Kier molecular flexibility index (Phi) is 3.48. The van der Waals surface area contributed by atoms with Crippen LogP contribution in [-0.2, 0) is 4.79 Å². The van der Waals surface area contributed by atoms with Crippen molar-refractivity contribution in [1.82, 2.24) is 0 Å². The summed E-state index contributed by atoms with van der Waals surface area (Å²) in [6, 6.07) is 4.59. The zero-order chi connectivity index (χ0) is 13.3. The van der Waals surface area contributed by atoms with Crippen molar-refractivity contribution in [2.75, 3.05) is 0 Å². The number of nitro benzene ring substituents is 1. The Morgan fingerprint density at radius 1 is 1.50 bits per heavy atom. The molecule has 0 unspecified atom stereocenters. The second-order valence-electron chi connectivity index (χ2n) is 3.33. The van der Waals surface area contributed by atoms with Crippen LogP contribution >= 0.6 is 27.7 Å². The zero-order valence-electron chi connectivity index (χ0n) is 8.79. The number of amidine groups is 1. The van der Waals surface area contributed by atoms with E-state index in [1.807, 2.05) is 0 Å². The summed E-state index contributed by atoms with van der Waals surface area (Å²) in [5.41, 5.74) is 5.89. The molecule has 0 radical (unpaired) electrons. The number of amides is 1. The smallest absolute Gasteiger partial charge is 0.286 e. The second kappa shape index (κ2) is 4.91. The number of thioether (sulfide) groups is 1. The van der Waals surface area contributed by atoms with E-state index in [0.29, 0.717) is 14.9 Å². The molecule has 2 rings (SSSR count). The van der Waals surface area contributed by atoms with Crippen molar-refractivity contribution in [3.05, 3.63) is 43.3 Å². The van der Waals surface area contributed by atoms with Crippen LogP contribution in [0.1, 0.15) is 5.56 Å². The zero-order valence-corrected chi connectivity index (χ0v) is 11.2. The number of halogens is 1. The van der Waals surface area contributed by atoms with E-state index in [2.05, 4.69) is 20.9 Å². The summed E-state index contributed by atoms with van der Waals surface area (Å²) in [4.78, 5) is 25.5. The van der Waals surface area contributed by atoms with Crippen LogP contribution < -0.4 is 5.73 Å². The Morgan fingerprint density at radius 2 is 2.22 bits per heavy atom. The lowest BCUT2D eigenvalue weighted by Crippen LogP contribution is -2.01. The Morgan fingerprint density at radius 3 is 2.78 bits per heavy atom. The van der Waals surface area contributed by atoms with Crippen LogP contribution in [0, 0.1) is 10.1 Å². The number of benzene rings is 1. The van der Waals surface area contributed by atoms with Gasteiger partial charge in [0.1, 0.15) is 0 Å². The normalized spacial score (nSPS) is 17.1. The summed E-state index contributed by atoms with van der Waals surface area (Å²) in [6.07, 6.45) is 1.52. The van der Waals surface area contributed by atoms with Crippen molar-refractivity contribution < 1.29 is 9.72 Å². The molecule has 0 atom stereocenters. The molecule has 8 heteroatoms. The van der Waals surface area contributed by atoms with Crippen LogP contribution in [0.3, 0.4) is 0 Å². The number of hydrogen-bond donors (Lipinski definition) is 1. The summed E-state index contributed by atoms with van der Waals surface area (Å²) in [7, 11) is 0. The Hall–Kier alpha value is -1.67. The minimum atomic E-state index is -0.499. The van der Waals surface area contributed by atoms with Gasteiger partial charge in [-0.15, -0.1) is 0 Å². The lowest BCUT2D eigenvalue weighted by atomic mass is 10.2. The van der Waals surface area contributed by atoms with Crippen molar-refractivity contribution in [2.45, 2.75) is 0 Å². The van der Waals surface area contributed by atoms with E-state index >= 15 is 0 Å². The summed E-state index contributed by atoms with van der Waals surface area (Å²) < 4.78 is 0.385. The maximum Gasteiger partial charge on any atom is 0.286 e. The van der Waals surface area contributed by atoms with Gasteiger partial charge >= 0.3 is 0 Å². The third kappa shape index (κ3) is 2.59. The molecule has 1 aromatic carbocycles. The minimum absolute atomic E-state index is 0.0614. The first kappa shape index (κ1) is 12.8. The highest BCUT2D eigenvalue weighted by Gasteiger charge is 2.20. The van der Waals surface area contributed by atoms with E-state index < -0.39 is 10.8 Å². The highest BCUT2D eigenvalue weighted by Crippen LogP contribution is 2.30. The number of carbonyl (C=O) groups is 1. The summed E-state index contributed by atoms with van der Waals surface area (Å²) >= 11 is 4.13. The number of nitro groups is 1. The average Bonchev–Trinajstić information content (AvgIpc) is 2.60. The first-order valence-electron chi connectivity index (χ1n) is 4.69. The predicted molar refractivity (Wildman–Crippen MR) is 73.0 cm³/mol. The third-order valence-electron chi connectivity index (χ3n) is 2.10. The Balaban J connectivity index is 2.37. The number of hydrogen-bond acceptors (Lipinski definition) is 5. The molecule has 6 nitrogen and oxygen atoms in total. The topological polar surface area (TPSA) is 98.6 Å². The molecule has 1 aromatic rings. The van der Waals surface area contributed by atoms with Gasteiger partial charge < -0.3 is 5.73 Å². The molecular formula is C10H6BrN3O3S. The van der Waals surface area contributed by atoms with Crippen molar-refractivity contribution >= 4 is 50.5 Å². The maximum atomic E-state index is 11.4. The summed E-state index contributed by atoms with van der Waals surface area (Å²) in [6.45, 7) is 0. The van der Waals surface area contributed by atoms with E-state index in [1.165, 1.54) is 12.1 Å². The second-order valence-corrected chi connectivity index (χ2v) is 5.25. The summed E-state index contributed by atoms with van der Waals surface area (Å²) in [5, 5.41) is 10.9. The molecule has 0 fully saturated rings. The highest BCUT2D eigenvalue weighted by molar-refractivity contribution is 9.10. The SMILES string of the molecule is NC1=NC(=O)/C(=C\c2ccc(Br)c([N+](=O)[O-])c2)S1. The molecule has 0 spiro atoms. The van der Waals surface area contributed by atoms with Gasteiger partial charge in [-0.1, -0.05) is 6.07 Å². The van der Waals surface area contributed by atoms with E-state index in [-0.39, 0.29) is 10.9 Å². The van der Waals surface area contributed by atoms with E-state index in [4.69, 9.17) is 5.73 Å². The Labute approximate surface area is 114 Å². The van der Waals surface area contributed by atoms with Crippen LogP contribution in [0.25, 0.3) is 6.08 Å². The van der Waals surface area contributed by atoms with Crippen molar-refractivity contribution in [2.24, 2.45) is 10.7 Å². The highest BCUT2D eigenvalue weighted by atomic mass is 79.9. The lowest BCUT2D eigenvalue weighted by molar-refractivity contribution is -0.385. The molecule has 2 N–H and O–H groups in total. The number of nitrogens with two attached hydrogens (primary N) is 1. The van der Waals surface area contributed by atoms with Crippen molar-refractivity contribution in [1.29, 1.82) is 0 Å². The van der Waals surface area contributed by atoms with Crippen molar-refractivity contribution in [3.63, 3.8) is 0 Å². The van der Waals surface area contributed by atoms with Crippen LogP contribution in [-0.4, -0.2) is 16.0 Å². The molecule has 1 amide bonds. The predicted octanol–water partition coefficient (Wildman–Crippen LogP) is 2.29. The van der Waals surface area contributed by atoms with Gasteiger partial charge in [-0.3, -0.25) is 14.9 Å². The molecule has 1 aliphatic heterocycles. The molecule has 1 heterocycles. The lowest BCUT2D eigenvalue weighted by Gasteiger charge is -1.98.